The van der Waals surface area contributed by atoms with E-state index in [0.29, 0.717) is 40.3 Å². The van der Waals surface area contributed by atoms with Crippen molar-refractivity contribution in [2.45, 2.75) is 18.8 Å². The van der Waals surface area contributed by atoms with E-state index in [1.165, 1.54) is 0 Å². The largest absolute Gasteiger partial charge is 0.422 e. The summed E-state index contributed by atoms with van der Waals surface area (Å²) in [5.74, 6) is 0.970. The molecule has 3 aromatic rings. The van der Waals surface area contributed by atoms with Crippen molar-refractivity contribution in [2.24, 2.45) is 0 Å². The van der Waals surface area contributed by atoms with E-state index in [-0.39, 0.29) is 17.8 Å². The molecule has 0 spiro atoms. The molecule has 2 aromatic carbocycles. The van der Waals surface area contributed by atoms with Crippen molar-refractivity contribution in [2.75, 3.05) is 13.1 Å². The highest BCUT2D eigenvalue weighted by atomic mass is 35.5. The molecule has 0 N–H and O–H groups in total. The number of ether oxygens (including phenoxy) is 1. The number of likely N-dealkylation sites (tertiary alicyclic amines) is 1. The molecule has 0 saturated carbocycles. The van der Waals surface area contributed by atoms with E-state index in [0.717, 1.165) is 12.8 Å². The lowest BCUT2D eigenvalue weighted by atomic mass is 9.97. The first-order valence-electron chi connectivity index (χ1n) is 8.91. The van der Waals surface area contributed by atoms with Crippen LogP contribution in [-0.2, 0) is 0 Å². The highest BCUT2D eigenvalue weighted by Gasteiger charge is 2.29. The molecule has 1 fully saturated rings. The van der Waals surface area contributed by atoms with Gasteiger partial charge in [0.15, 0.2) is 0 Å². The van der Waals surface area contributed by atoms with Gasteiger partial charge in [-0.1, -0.05) is 41.4 Å². The van der Waals surface area contributed by atoms with Crippen molar-refractivity contribution in [3.63, 3.8) is 0 Å². The quantitative estimate of drug-likeness (QED) is 0.584. The van der Waals surface area contributed by atoms with Gasteiger partial charge in [0.05, 0.1) is 16.0 Å². The number of halogens is 2. The number of para-hydroxylation sites is 1. The highest BCUT2D eigenvalue weighted by Crippen LogP contribution is 2.29. The molecule has 4 rings (SSSR count). The van der Waals surface area contributed by atoms with Gasteiger partial charge in [0.25, 0.3) is 5.91 Å². The Morgan fingerprint density at radius 1 is 1.14 bits per heavy atom. The predicted molar refractivity (Wildman–Crippen MR) is 105 cm³/mol. The number of carbonyl (C=O) groups excluding carboxylic acids is 1. The second-order valence-corrected chi connectivity index (χ2v) is 7.36. The molecule has 1 aromatic heterocycles. The van der Waals surface area contributed by atoms with Crippen LogP contribution < -0.4 is 4.74 Å². The van der Waals surface area contributed by atoms with Crippen LogP contribution >= 0.6 is 23.2 Å². The van der Waals surface area contributed by atoms with Gasteiger partial charge in [0, 0.05) is 18.7 Å². The summed E-state index contributed by atoms with van der Waals surface area (Å²) in [6.45, 7) is 1.16. The van der Waals surface area contributed by atoms with Crippen LogP contribution in [0.1, 0.15) is 35.0 Å². The van der Waals surface area contributed by atoms with Crippen LogP contribution in [-0.4, -0.2) is 34.0 Å². The Morgan fingerprint density at radius 3 is 2.75 bits per heavy atom. The summed E-state index contributed by atoms with van der Waals surface area (Å²) in [6.07, 6.45) is 1.70. The third-order valence-corrected chi connectivity index (χ3v) is 5.34. The first-order valence-corrected chi connectivity index (χ1v) is 9.66. The number of hydrogen-bond acceptors (Lipinski definition) is 5. The van der Waals surface area contributed by atoms with Gasteiger partial charge in [-0.05, 0) is 48.3 Å². The average Bonchev–Trinajstić information content (AvgIpc) is 3.19. The zero-order chi connectivity index (χ0) is 19.5. The molecule has 1 aliphatic heterocycles. The molecule has 0 radical (unpaired) electrons. The fraction of sp³-hybridized carbons (Fsp3) is 0.250. The number of rotatable bonds is 4. The molecule has 1 saturated heterocycles. The Labute approximate surface area is 172 Å². The summed E-state index contributed by atoms with van der Waals surface area (Å²) in [4.78, 5) is 18.9. The molecule has 28 heavy (non-hydrogen) atoms. The SMILES string of the molecule is O=C(c1ccc(Cl)c(Cl)c1)N1CCC[C@H](c2nc(Oc3ccccc3)no2)C1. The lowest BCUT2D eigenvalue weighted by Crippen LogP contribution is -2.39. The summed E-state index contributed by atoms with van der Waals surface area (Å²) in [7, 11) is 0. The van der Waals surface area contributed by atoms with E-state index < -0.39 is 0 Å². The second kappa shape index (κ2) is 8.20. The fourth-order valence-electron chi connectivity index (χ4n) is 3.20. The van der Waals surface area contributed by atoms with Gasteiger partial charge in [0.2, 0.25) is 5.89 Å². The Hall–Kier alpha value is -2.57. The molecule has 0 unspecified atom stereocenters. The maximum atomic E-state index is 12.8. The number of carbonyl (C=O) groups is 1. The van der Waals surface area contributed by atoms with E-state index in [9.17, 15) is 4.79 Å². The van der Waals surface area contributed by atoms with Gasteiger partial charge < -0.3 is 14.2 Å². The summed E-state index contributed by atoms with van der Waals surface area (Å²) < 4.78 is 11.0. The fourth-order valence-corrected chi connectivity index (χ4v) is 3.50. The number of amides is 1. The first kappa shape index (κ1) is 18.8. The van der Waals surface area contributed by atoms with Gasteiger partial charge in [-0.2, -0.15) is 4.98 Å². The topological polar surface area (TPSA) is 68.5 Å². The summed E-state index contributed by atoms with van der Waals surface area (Å²) in [5.41, 5.74) is 0.508. The Balaban J connectivity index is 1.45. The van der Waals surface area contributed by atoms with Crippen LogP contribution in [0, 0.1) is 0 Å². The van der Waals surface area contributed by atoms with E-state index in [2.05, 4.69) is 10.1 Å². The van der Waals surface area contributed by atoms with Crippen molar-refractivity contribution in [3.8, 4) is 11.8 Å². The maximum absolute atomic E-state index is 12.8. The van der Waals surface area contributed by atoms with E-state index in [4.69, 9.17) is 32.5 Å². The predicted octanol–water partition coefficient (Wildman–Crippen LogP) is 5.19. The first-order chi connectivity index (χ1) is 13.6. The lowest BCUT2D eigenvalue weighted by Gasteiger charge is -2.31. The van der Waals surface area contributed by atoms with Gasteiger partial charge in [-0.15, -0.1) is 0 Å². The van der Waals surface area contributed by atoms with E-state index in [1.807, 2.05) is 30.3 Å². The van der Waals surface area contributed by atoms with Crippen LogP contribution in [0.15, 0.2) is 53.1 Å². The normalized spacial score (nSPS) is 16.8. The molecule has 1 amide bonds. The average molecular weight is 418 g/mol. The molecule has 1 aliphatic rings. The number of nitrogens with zero attached hydrogens (tertiary/aromatic N) is 3. The van der Waals surface area contributed by atoms with Crippen LogP contribution in [0.4, 0.5) is 0 Å². The van der Waals surface area contributed by atoms with E-state index >= 15 is 0 Å². The van der Waals surface area contributed by atoms with Crippen molar-refractivity contribution in [3.05, 3.63) is 70.0 Å². The Kier molecular flexibility index (Phi) is 5.50. The van der Waals surface area contributed by atoms with Crippen LogP contribution in [0.2, 0.25) is 10.0 Å². The minimum atomic E-state index is -0.0939. The van der Waals surface area contributed by atoms with Gasteiger partial charge in [-0.25, -0.2) is 0 Å². The Bertz CT molecular complexity index is 978. The Morgan fingerprint density at radius 2 is 1.96 bits per heavy atom. The van der Waals surface area contributed by atoms with Crippen molar-refractivity contribution < 1.29 is 14.1 Å². The monoisotopic (exact) mass is 417 g/mol. The van der Waals surface area contributed by atoms with Gasteiger partial charge in [-0.3, -0.25) is 4.79 Å². The summed E-state index contributed by atoms with van der Waals surface area (Å²) in [5, 5.41) is 4.68. The smallest absolute Gasteiger partial charge is 0.359 e. The second-order valence-electron chi connectivity index (χ2n) is 6.55. The highest BCUT2D eigenvalue weighted by molar-refractivity contribution is 6.42. The minimum absolute atomic E-state index is 0.0407. The van der Waals surface area contributed by atoms with Crippen LogP contribution in [0.5, 0.6) is 11.8 Å². The summed E-state index contributed by atoms with van der Waals surface area (Å²) in [6, 6.07) is 14.3. The molecule has 2 heterocycles. The van der Waals surface area contributed by atoms with Crippen LogP contribution in [0.25, 0.3) is 0 Å². The lowest BCUT2D eigenvalue weighted by molar-refractivity contribution is 0.0695. The molecule has 0 aliphatic carbocycles. The molecule has 144 valence electrons. The van der Waals surface area contributed by atoms with Gasteiger partial charge >= 0.3 is 6.01 Å². The van der Waals surface area contributed by atoms with Crippen molar-refractivity contribution in [1.82, 2.24) is 15.0 Å². The van der Waals surface area contributed by atoms with Gasteiger partial charge in [0.1, 0.15) is 5.75 Å². The summed E-state index contributed by atoms with van der Waals surface area (Å²) >= 11 is 12.0. The zero-order valence-electron chi connectivity index (χ0n) is 14.8. The van der Waals surface area contributed by atoms with Crippen molar-refractivity contribution >= 4 is 29.1 Å². The molecule has 0 bridgehead atoms. The molecule has 6 nitrogen and oxygen atoms in total. The standard InChI is InChI=1S/C20H17Cl2N3O3/c21-16-9-8-13(11-17(16)22)19(26)25-10-4-5-14(12-25)18-23-20(24-28-18)27-15-6-2-1-3-7-15/h1-3,6-9,11,14H,4-5,10,12H2/t14-/m0/s1. The van der Waals surface area contributed by atoms with Crippen molar-refractivity contribution in [1.29, 1.82) is 0 Å². The molecular weight excluding hydrogens is 401 g/mol. The minimum Gasteiger partial charge on any atom is -0.422 e. The van der Waals surface area contributed by atoms with E-state index in [1.54, 1.807) is 23.1 Å². The number of piperidine rings is 1. The number of aromatic nitrogens is 2. The zero-order valence-corrected chi connectivity index (χ0v) is 16.4. The third-order valence-electron chi connectivity index (χ3n) is 4.60. The third kappa shape index (κ3) is 4.13. The maximum Gasteiger partial charge on any atom is 0.359 e. The number of benzene rings is 2. The number of hydrogen-bond donors (Lipinski definition) is 0. The van der Waals surface area contributed by atoms with Crippen LogP contribution in [0.3, 0.4) is 0 Å². The molecule has 1 atom stereocenters. The molecular formula is C20H17Cl2N3O3. The molecule has 8 heteroatoms.